The number of alkyl halides is 2. The lowest BCUT2D eigenvalue weighted by atomic mass is 9.79. The second-order valence-corrected chi connectivity index (χ2v) is 3.53. The minimum absolute atomic E-state index is 0.114. The van der Waals surface area contributed by atoms with E-state index in [9.17, 15) is 13.6 Å². The van der Waals surface area contributed by atoms with E-state index in [-0.39, 0.29) is 12.3 Å². The van der Waals surface area contributed by atoms with Crippen molar-refractivity contribution in [2.24, 2.45) is 5.92 Å². The molecule has 1 aliphatic carbocycles. The second-order valence-electron chi connectivity index (χ2n) is 3.53. The van der Waals surface area contributed by atoms with E-state index in [1.807, 2.05) is 0 Å². The Morgan fingerprint density at radius 2 is 2.08 bits per heavy atom. The van der Waals surface area contributed by atoms with Gasteiger partial charge in [0, 0.05) is 19.5 Å². The number of hydrogen-bond acceptors (Lipinski definition) is 1. The van der Waals surface area contributed by atoms with E-state index in [0.717, 1.165) is 6.42 Å². The van der Waals surface area contributed by atoms with Gasteiger partial charge in [-0.1, -0.05) is 0 Å². The molecule has 1 saturated carbocycles. The first-order valence-electron chi connectivity index (χ1n) is 4.28. The van der Waals surface area contributed by atoms with E-state index in [2.05, 4.69) is 0 Å². The SMILES string of the molecule is O=C(C1CCC1(F)F)N1CCC1. The van der Waals surface area contributed by atoms with Crippen LogP contribution < -0.4 is 0 Å². The van der Waals surface area contributed by atoms with Gasteiger partial charge in [0.2, 0.25) is 5.91 Å². The number of halogens is 2. The molecule has 0 bridgehead atoms. The van der Waals surface area contributed by atoms with Gasteiger partial charge in [0.05, 0.1) is 0 Å². The van der Waals surface area contributed by atoms with Crippen molar-refractivity contribution >= 4 is 5.91 Å². The summed E-state index contributed by atoms with van der Waals surface area (Å²) in [7, 11) is 0. The summed E-state index contributed by atoms with van der Waals surface area (Å²) in [6.45, 7) is 1.34. The molecule has 1 heterocycles. The zero-order valence-electron chi connectivity index (χ0n) is 6.72. The van der Waals surface area contributed by atoms with E-state index < -0.39 is 11.8 Å². The van der Waals surface area contributed by atoms with Gasteiger partial charge in [0.25, 0.3) is 5.92 Å². The molecular weight excluding hydrogens is 164 g/mol. The molecule has 1 atom stereocenters. The van der Waals surface area contributed by atoms with Crippen molar-refractivity contribution in [2.75, 3.05) is 13.1 Å². The highest BCUT2D eigenvalue weighted by atomic mass is 19.3. The van der Waals surface area contributed by atoms with Crippen molar-refractivity contribution in [3.05, 3.63) is 0 Å². The molecule has 0 spiro atoms. The molecule has 0 aromatic rings. The van der Waals surface area contributed by atoms with Crippen LogP contribution in [0.1, 0.15) is 19.3 Å². The molecule has 1 amide bonds. The molecule has 12 heavy (non-hydrogen) atoms. The quantitative estimate of drug-likeness (QED) is 0.587. The summed E-state index contributed by atoms with van der Waals surface area (Å²) in [6, 6.07) is 0. The minimum Gasteiger partial charge on any atom is -0.342 e. The van der Waals surface area contributed by atoms with Crippen LogP contribution in [0.25, 0.3) is 0 Å². The molecule has 1 aliphatic heterocycles. The molecule has 68 valence electrons. The average Bonchev–Trinajstić information content (AvgIpc) is 1.81. The molecule has 0 aromatic carbocycles. The van der Waals surface area contributed by atoms with Crippen molar-refractivity contribution in [1.82, 2.24) is 4.90 Å². The first-order chi connectivity index (χ1) is 5.61. The largest absolute Gasteiger partial charge is 0.342 e. The van der Waals surface area contributed by atoms with Crippen molar-refractivity contribution in [1.29, 1.82) is 0 Å². The number of carbonyl (C=O) groups is 1. The van der Waals surface area contributed by atoms with Gasteiger partial charge in [0.15, 0.2) is 0 Å². The highest BCUT2D eigenvalue weighted by Crippen LogP contribution is 2.44. The van der Waals surface area contributed by atoms with Crippen molar-refractivity contribution in [3.8, 4) is 0 Å². The van der Waals surface area contributed by atoms with Crippen molar-refractivity contribution in [2.45, 2.75) is 25.2 Å². The van der Waals surface area contributed by atoms with Crippen LogP contribution in [0, 0.1) is 5.92 Å². The van der Waals surface area contributed by atoms with Crippen LogP contribution in [-0.4, -0.2) is 29.8 Å². The summed E-state index contributed by atoms with van der Waals surface area (Å²) < 4.78 is 25.5. The number of carbonyl (C=O) groups excluding carboxylic acids is 1. The Morgan fingerprint density at radius 1 is 1.42 bits per heavy atom. The standard InChI is InChI=1S/C8H11F2NO/c9-8(10)3-2-6(8)7(12)11-4-1-5-11/h6H,1-5H2. The normalized spacial score (nSPS) is 32.2. The van der Waals surface area contributed by atoms with Gasteiger partial charge >= 0.3 is 0 Å². The minimum atomic E-state index is -2.72. The first kappa shape index (κ1) is 7.95. The van der Waals surface area contributed by atoms with Gasteiger partial charge < -0.3 is 4.90 Å². The van der Waals surface area contributed by atoms with Crippen LogP contribution in [-0.2, 0) is 4.79 Å². The number of likely N-dealkylation sites (tertiary alicyclic amines) is 1. The summed E-state index contributed by atoms with van der Waals surface area (Å²) in [5, 5.41) is 0. The van der Waals surface area contributed by atoms with Gasteiger partial charge in [-0.25, -0.2) is 8.78 Å². The molecule has 2 aliphatic rings. The van der Waals surface area contributed by atoms with Gasteiger partial charge in [-0.15, -0.1) is 0 Å². The maximum Gasteiger partial charge on any atom is 0.259 e. The van der Waals surface area contributed by atoms with Gasteiger partial charge in [-0.3, -0.25) is 4.79 Å². The lowest BCUT2D eigenvalue weighted by molar-refractivity contribution is -0.174. The molecular formula is C8H11F2NO. The zero-order chi connectivity index (χ0) is 8.77. The fourth-order valence-corrected chi connectivity index (χ4v) is 1.57. The summed E-state index contributed by atoms with van der Waals surface area (Å²) in [6.07, 6.45) is 1.21. The molecule has 4 heteroatoms. The Balaban J connectivity index is 1.96. The summed E-state index contributed by atoms with van der Waals surface area (Å²) in [5.41, 5.74) is 0. The molecule has 2 rings (SSSR count). The van der Waals surface area contributed by atoms with Crippen molar-refractivity contribution in [3.63, 3.8) is 0 Å². The Hall–Kier alpha value is -0.670. The Labute approximate surface area is 69.5 Å². The third-order valence-corrected chi connectivity index (χ3v) is 2.74. The van der Waals surface area contributed by atoms with Gasteiger partial charge in [-0.2, -0.15) is 0 Å². The fraction of sp³-hybridized carbons (Fsp3) is 0.875. The maximum atomic E-state index is 12.7. The smallest absolute Gasteiger partial charge is 0.259 e. The number of rotatable bonds is 1. The first-order valence-corrected chi connectivity index (χ1v) is 4.28. The van der Waals surface area contributed by atoms with E-state index in [4.69, 9.17) is 0 Å². The predicted molar refractivity (Wildman–Crippen MR) is 38.9 cm³/mol. The Kier molecular flexibility index (Phi) is 1.59. The van der Waals surface area contributed by atoms with Gasteiger partial charge in [-0.05, 0) is 12.8 Å². The summed E-state index contributed by atoms with van der Waals surface area (Å²) in [5.74, 6) is -4.05. The molecule has 0 aromatic heterocycles. The van der Waals surface area contributed by atoms with Crippen LogP contribution in [0.4, 0.5) is 8.78 Å². The zero-order valence-corrected chi connectivity index (χ0v) is 6.72. The fourth-order valence-electron chi connectivity index (χ4n) is 1.57. The molecule has 1 unspecified atom stereocenters. The lowest BCUT2D eigenvalue weighted by Gasteiger charge is -2.41. The third kappa shape index (κ3) is 1.01. The average molecular weight is 175 g/mol. The van der Waals surface area contributed by atoms with E-state index >= 15 is 0 Å². The van der Waals surface area contributed by atoms with E-state index in [1.165, 1.54) is 4.90 Å². The molecule has 0 radical (unpaired) electrons. The number of amides is 1. The monoisotopic (exact) mass is 175 g/mol. The molecule has 2 fully saturated rings. The Morgan fingerprint density at radius 3 is 2.33 bits per heavy atom. The molecule has 0 N–H and O–H groups in total. The van der Waals surface area contributed by atoms with Crippen LogP contribution in [0.3, 0.4) is 0 Å². The Bertz CT molecular complexity index is 213. The second kappa shape index (κ2) is 2.41. The van der Waals surface area contributed by atoms with Gasteiger partial charge in [0.1, 0.15) is 5.92 Å². The molecule has 1 saturated heterocycles. The van der Waals surface area contributed by atoms with Crippen LogP contribution in [0.5, 0.6) is 0 Å². The lowest BCUT2D eigenvalue weighted by Crippen LogP contribution is -2.53. The summed E-state index contributed by atoms with van der Waals surface area (Å²) >= 11 is 0. The third-order valence-electron chi connectivity index (χ3n) is 2.74. The topological polar surface area (TPSA) is 20.3 Å². The maximum absolute atomic E-state index is 12.7. The summed E-state index contributed by atoms with van der Waals surface area (Å²) in [4.78, 5) is 12.8. The van der Waals surface area contributed by atoms with E-state index in [0.29, 0.717) is 19.5 Å². The van der Waals surface area contributed by atoms with E-state index in [1.54, 1.807) is 0 Å². The van der Waals surface area contributed by atoms with Crippen LogP contribution >= 0.6 is 0 Å². The highest BCUT2D eigenvalue weighted by molar-refractivity contribution is 5.81. The predicted octanol–water partition coefficient (Wildman–Crippen LogP) is 1.26. The number of nitrogens with zero attached hydrogens (tertiary/aromatic N) is 1. The number of hydrogen-bond donors (Lipinski definition) is 0. The van der Waals surface area contributed by atoms with Crippen LogP contribution in [0.15, 0.2) is 0 Å². The van der Waals surface area contributed by atoms with Crippen LogP contribution in [0.2, 0.25) is 0 Å². The molecule has 2 nitrogen and oxygen atoms in total. The van der Waals surface area contributed by atoms with Crippen molar-refractivity contribution < 1.29 is 13.6 Å². The highest BCUT2D eigenvalue weighted by Gasteiger charge is 2.53.